The third kappa shape index (κ3) is 3.57. The standard InChI is InChI=1S/C8H19N3O/c1-4-8(9,5-2)6-11-7(12)10-3/h4-6,9H2,1-3H3,(H2,10,11,12). The summed E-state index contributed by atoms with van der Waals surface area (Å²) in [6.07, 6.45) is 1.74. The Morgan fingerprint density at radius 3 is 2.25 bits per heavy atom. The van der Waals surface area contributed by atoms with Crippen LogP contribution in [0, 0.1) is 0 Å². The molecule has 4 heteroatoms. The predicted molar refractivity (Wildman–Crippen MR) is 50.0 cm³/mol. The number of hydrogen-bond donors (Lipinski definition) is 3. The summed E-state index contributed by atoms with van der Waals surface area (Å²) in [5.41, 5.74) is 5.70. The Balaban J connectivity index is 3.80. The van der Waals surface area contributed by atoms with E-state index in [9.17, 15) is 4.79 Å². The van der Waals surface area contributed by atoms with Crippen LogP contribution in [0.15, 0.2) is 0 Å². The van der Waals surface area contributed by atoms with Gasteiger partial charge in [-0.1, -0.05) is 13.8 Å². The zero-order chi connectivity index (χ0) is 9.61. The van der Waals surface area contributed by atoms with Crippen molar-refractivity contribution >= 4 is 6.03 Å². The Hall–Kier alpha value is -0.770. The molecule has 0 bridgehead atoms. The molecule has 0 radical (unpaired) electrons. The lowest BCUT2D eigenvalue weighted by Crippen LogP contribution is -2.50. The zero-order valence-corrected chi connectivity index (χ0v) is 8.11. The first kappa shape index (κ1) is 11.2. The highest BCUT2D eigenvalue weighted by Crippen LogP contribution is 2.08. The molecule has 72 valence electrons. The predicted octanol–water partition coefficient (Wildman–Crippen LogP) is 0.433. The molecule has 12 heavy (non-hydrogen) atoms. The van der Waals surface area contributed by atoms with Gasteiger partial charge in [0.2, 0.25) is 0 Å². The van der Waals surface area contributed by atoms with Gasteiger partial charge >= 0.3 is 6.03 Å². The van der Waals surface area contributed by atoms with Crippen LogP contribution < -0.4 is 16.4 Å². The minimum atomic E-state index is -0.257. The van der Waals surface area contributed by atoms with Crippen molar-refractivity contribution in [3.05, 3.63) is 0 Å². The lowest BCUT2D eigenvalue weighted by atomic mass is 9.94. The fourth-order valence-electron chi connectivity index (χ4n) is 0.845. The molecule has 0 atom stereocenters. The zero-order valence-electron chi connectivity index (χ0n) is 8.11. The van der Waals surface area contributed by atoms with Gasteiger partial charge in [-0.15, -0.1) is 0 Å². The van der Waals surface area contributed by atoms with Crippen molar-refractivity contribution in [3.8, 4) is 0 Å². The Morgan fingerprint density at radius 1 is 1.42 bits per heavy atom. The summed E-state index contributed by atoms with van der Waals surface area (Å²) in [4.78, 5) is 10.8. The van der Waals surface area contributed by atoms with Crippen molar-refractivity contribution < 1.29 is 4.79 Å². The molecule has 0 saturated carbocycles. The molecule has 0 spiro atoms. The van der Waals surface area contributed by atoms with E-state index >= 15 is 0 Å². The highest BCUT2D eigenvalue weighted by atomic mass is 16.2. The molecule has 4 N–H and O–H groups in total. The van der Waals surface area contributed by atoms with Crippen molar-refractivity contribution in [2.45, 2.75) is 32.2 Å². The lowest BCUT2D eigenvalue weighted by molar-refractivity contribution is 0.238. The molecule has 0 unspecified atom stereocenters. The van der Waals surface area contributed by atoms with Crippen LogP contribution in [0.4, 0.5) is 4.79 Å². The van der Waals surface area contributed by atoms with Gasteiger partial charge in [-0.3, -0.25) is 0 Å². The van der Waals surface area contributed by atoms with Crippen LogP contribution in [-0.4, -0.2) is 25.2 Å². The van der Waals surface area contributed by atoms with Crippen LogP contribution in [0.5, 0.6) is 0 Å². The van der Waals surface area contributed by atoms with Crippen molar-refractivity contribution in [2.75, 3.05) is 13.6 Å². The van der Waals surface area contributed by atoms with E-state index in [2.05, 4.69) is 10.6 Å². The maximum atomic E-state index is 10.8. The molecule has 0 aromatic heterocycles. The van der Waals surface area contributed by atoms with E-state index in [0.29, 0.717) is 6.54 Å². The van der Waals surface area contributed by atoms with E-state index in [0.717, 1.165) is 12.8 Å². The summed E-state index contributed by atoms with van der Waals surface area (Å²) in [6, 6.07) is -0.174. The van der Waals surface area contributed by atoms with E-state index in [1.54, 1.807) is 7.05 Å². The molecular weight excluding hydrogens is 154 g/mol. The summed E-state index contributed by atoms with van der Waals surface area (Å²) >= 11 is 0. The van der Waals surface area contributed by atoms with Gasteiger partial charge in [0.15, 0.2) is 0 Å². The minimum Gasteiger partial charge on any atom is -0.341 e. The van der Waals surface area contributed by atoms with Crippen LogP contribution in [0.1, 0.15) is 26.7 Å². The SMILES string of the molecule is CCC(N)(CC)CNC(=O)NC. The molecule has 0 saturated heterocycles. The second-order valence-electron chi connectivity index (χ2n) is 3.00. The molecule has 0 aromatic carbocycles. The average Bonchev–Trinajstić information content (AvgIpc) is 2.13. The smallest absolute Gasteiger partial charge is 0.314 e. The van der Waals surface area contributed by atoms with Gasteiger partial charge in [0.05, 0.1) is 0 Å². The Bertz CT molecular complexity index is 143. The number of nitrogens with one attached hydrogen (secondary N) is 2. The van der Waals surface area contributed by atoms with Gasteiger partial charge in [0, 0.05) is 19.1 Å². The number of urea groups is 1. The van der Waals surface area contributed by atoms with E-state index < -0.39 is 0 Å². The summed E-state index contributed by atoms with van der Waals surface area (Å²) in [6.45, 7) is 4.57. The number of hydrogen-bond acceptors (Lipinski definition) is 2. The van der Waals surface area contributed by atoms with E-state index in [1.165, 1.54) is 0 Å². The summed E-state index contributed by atoms with van der Waals surface area (Å²) in [7, 11) is 1.59. The van der Waals surface area contributed by atoms with Crippen LogP contribution in [0.2, 0.25) is 0 Å². The topological polar surface area (TPSA) is 67.1 Å². The minimum absolute atomic E-state index is 0.174. The second-order valence-corrected chi connectivity index (χ2v) is 3.00. The van der Waals surface area contributed by atoms with Crippen molar-refractivity contribution in [3.63, 3.8) is 0 Å². The first-order valence-corrected chi connectivity index (χ1v) is 4.32. The number of nitrogens with two attached hydrogens (primary N) is 1. The highest BCUT2D eigenvalue weighted by Gasteiger charge is 2.20. The van der Waals surface area contributed by atoms with E-state index in [4.69, 9.17) is 5.73 Å². The Morgan fingerprint density at radius 2 is 1.92 bits per heavy atom. The molecule has 0 rings (SSSR count). The fraction of sp³-hybridized carbons (Fsp3) is 0.875. The number of carbonyl (C=O) groups excluding carboxylic acids is 1. The van der Waals surface area contributed by atoms with Crippen LogP contribution in [0.3, 0.4) is 0 Å². The molecule has 0 aliphatic carbocycles. The van der Waals surface area contributed by atoms with Crippen LogP contribution in [-0.2, 0) is 0 Å². The molecule has 0 aliphatic rings. The largest absolute Gasteiger partial charge is 0.341 e. The Kier molecular flexibility index (Phi) is 4.66. The first-order chi connectivity index (χ1) is 5.58. The van der Waals surface area contributed by atoms with Gasteiger partial charge in [0.1, 0.15) is 0 Å². The summed E-state index contributed by atoms with van der Waals surface area (Å²) < 4.78 is 0. The van der Waals surface area contributed by atoms with E-state index in [1.807, 2.05) is 13.8 Å². The number of amides is 2. The van der Waals surface area contributed by atoms with Gasteiger partial charge in [-0.2, -0.15) is 0 Å². The molecule has 0 aromatic rings. The summed E-state index contributed by atoms with van der Waals surface area (Å²) in [5, 5.41) is 5.18. The summed E-state index contributed by atoms with van der Waals surface area (Å²) in [5.74, 6) is 0. The molecule has 0 heterocycles. The number of carbonyl (C=O) groups is 1. The lowest BCUT2D eigenvalue weighted by Gasteiger charge is -2.26. The normalized spacial score (nSPS) is 11.0. The van der Waals surface area contributed by atoms with Crippen molar-refractivity contribution in [1.29, 1.82) is 0 Å². The maximum absolute atomic E-state index is 10.8. The molecular formula is C8H19N3O. The highest BCUT2D eigenvalue weighted by molar-refractivity contribution is 5.73. The van der Waals surface area contributed by atoms with Crippen LogP contribution >= 0.6 is 0 Å². The monoisotopic (exact) mass is 173 g/mol. The van der Waals surface area contributed by atoms with Gasteiger partial charge in [0.25, 0.3) is 0 Å². The number of rotatable bonds is 4. The van der Waals surface area contributed by atoms with Gasteiger partial charge in [-0.25, -0.2) is 4.79 Å². The molecule has 0 fully saturated rings. The third-order valence-corrected chi connectivity index (χ3v) is 2.24. The molecule has 2 amide bonds. The second kappa shape index (κ2) is 4.98. The van der Waals surface area contributed by atoms with Crippen molar-refractivity contribution in [2.24, 2.45) is 5.73 Å². The fourth-order valence-corrected chi connectivity index (χ4v) is 0.845. The maximum Gasteiger partial charge on any atom is 0.314 e. The Labute approximate surface area is 73.9 Å². The quantitative estimate of drug-likeness (QED) is 0.577. The van der Waals surface area contributed by atoms with Crippen molar-refractivity contribution in [1.82, 2.24) is 10.6 Å². The molecule has 4 nitrogen and oxygen atoms in total. The third-order valence-electron chi connectivity index (χ3n) is 2.24. The van der Waals surface area contributed by atoms with Gasteiger partial charge in [-0.05, 0) is 12.8 Å². The molecule has 0 aliphatic heterocycles. The van der Waals surface area contributed by atoms with Crippen LogP contribution in [0.25, 0.3) is 0 Å². The first-order valence-electron chi connectivity index (χ1n) is 4.32. The average molecular weight is 173 g/mol. The van der Waals surface area contributed by atoms with E-state index in [-0.39, 0.29) is 11.6 Å². The van der Waals surface area contributed by atoms with Gasteiger partial charge < -0.3 is 16.4 Å².